The Kier molecular flexibility index (Phi) is 6.74. The smallest absolute Gasteiger partial charge is 0.419 e. The van der Waals surface area contributed by atoms with Crippen LogP contribution < -0.4 is 0 Å². The van der Waals surface area contributed by atoms with E-state index in [9.17, 15) is 19.1 Å². The maximum Gasteiger partial charge on any atom is 0.419 e. The van der Waals surface area contributed by atoms with Gasteiger partial charge in [0.2, 0.25) is 5.95 Å². The number of halogens is 1. The first-order chi connectivity index (χ1) is 15.1. The number of benzene rings is 1. The molecule has 2 heterocycles. The van der Waals surface area contributed by atoms with Crippen molar-refractivity contribution in [3.8, 4) is 0 Å². The molecule has 0 aliphatic heterocycles. The largest absolute Gasteiger partial charge is 0.465 e. The summed E-state index contributed by atoms with van der Waals surface area (Å²) in [5.74, 6) is -1.11. The van der Waals surface area contributed by atoms with Crippen molar-refractivity contribution in [3.63, 3.8) is 0 Å². The summed E-state index contributed by atoms with van der Waals surface area (Å²) in [6, 6.07) is 12.7. The van der Waals surface area contributed by atoms with Crippen molar-refractivity contribution in [1.29, 1.82) is 0 Å². The highest BCUT2D eigenvalue weighted by Crippen LogP contribution is 2.26. The highest BCUT2D eigenvalue weighted by atomic mass is 19.1. The van der Waals surface area contributed by atoms with Crippen LogP contribution in [-0.2, 0) is 15.9 Å². The predicted molar refractivity (Wildman–Crippen MR) is 115 cm³/mol. The summed E-state index contributed by atoms with van der Waals surface area (Å²) in [5, 5.41) is 10.9. The zero-order chi connectivity index (χ0) is 23.5. The minimum absolute atomic E-state index is 0.272. The second-order valence-corrected chi connectivity index (χ2v) is 8.25. The first-order valence-electron chi connectivity index (χ1n) is 9.99. The molecule has 0 amide bonds. The van der Waals surface area contributed by atoms with Crippen LogP contribution in [0.25, 0.3) is 0 Å². The lowest BCUT2D eigenvalue weighted by molar-refractivity contribution is 0.0515. The van der Waals surface area contributed by atoms with Crippen molar-refractivity contribution in [1.82, 2.24) is 9.55 Å². The van der Waals surface area contributed by atoms with E-state index in [-0.39, 0.29) is 5.69 Å². The minimum atomic E-state index is -1.22. The molecule has 0 radical (unpaired) electrons. The molecular formula is C24H25FN2O5. The molecule has 0 aliphatic rings. The molecule has 7 nitrogen and oxygen atoms in total. The number of rotatable bonds is 5. The van der Waals surface area contributed by atoms with E-state index in [0.717, 1.165) is 11.6 Å². The van der Waals surface area contributed by atoms with E-state index in [1.807, 2.05) is 0 Å². The van der Waals surface area contributed by atoms with Crippen LogP contribution in [0.4, 0.5) is 9.18 Å². The first kappa shape index (κ1) is 23.1. The summed E-state index contributed by atoms with van der Waals surface area (Å²) >= 11 is 0. The van der Waals surface area contributed by atoms with E-state index in [1.54, 1.807) is 57.2 Å². The Morgan fingerprint density at radius 2 is 1.78 bits per heavy atom. The van der Waals surface area contributed by atoms with Gasteiger partial charge < -0.3 is 14.6 Å². The predicted octanol–water partition coefficient (Wildman–Crippen LogP) is 4.26. The van der Waals surface area contributed by atoms with Gasteiger partial charge in [-0.3, -0.25) is 4.57 Å². The zero-order valence-corrected chi connectivity index (χ0v) is 18.3. The van der Waals surface area contributed by atoms with Crippen molar-refractivity contribution in [2.45, 2.75) is 38.9 Å². The number of ether oxygens (including phenoxy) is 2. The van der Waals surface area contributed by atoms with Gasteiger partial charge in [-0.1, -0.05) is 12.1 Å². The normalized spacial score (nSPS) is 12.3. The van der Waals surface area contributed by atoms with E-state index in [2.05, 4.69) is 4.98 Å². The average Bonchev–Trinajstić information content (AvgIpc) is 3.16. The van der Waals surface area contributed by atoms with Gasteiger partial charge in [-0.2, -0.15) is 4.39 Å². The second-order valence-electron chi connectivity index (χ2n) is 8.25. The molecule has 2 aromatic heterocycles. The maximum absolute atomic E-state index is 13.2. The van der Waals surface area contributed by atoms with Crippen LogP contribution in [0.3, 0.4) is 0 Å². The van der Waals surface area contributed by atoms with Crippen LogP contribution in [-0.4, -0.2) is 39.4 Å². The number of aliphatic hydroxyl groups excluding tert-OH is 1. The lowest BCUT2D eigenvalue weighted by Crippen LogP contribution is -2.29. The SMILES string of the molecule is COC(=O)c1ccc(Cc2ccc(C(O)c3ccc(F)nc3)n2C(=O)OC(C)(C)C)cc1. The van der Waals surface area contributed by atoms with Crippen LogP contribution in [0, 0.1) is 5.95 Å². The van der Waals surface area contributed by atoms with Crippen LogP contribution in [0.1, 0.15) is 59.7 Å². The summed E-state index contributed by atoms with van der Waals surface area (Å²) < 4.78 is 24.8. The van der Waals surface area contributed by atoms with Crippen molar-refractivity contribution in [2.75, 3.05) is 7.11 Å². The molecule has 0 bridgehead atoms. The van der Waals surface area contributed by atoms with Crippen LogP contribution in [0.2, 0.25) is 0 Å². The van der Waals surface area contributed by atoms with Gasteiger partial charge >= 0.3 is 12.1 Å². The standard InChI is InChI=1S/C24H25FN2O5/c1-24(2,3)32-23(30)27-18(13-15-5-7-16(8-6-15)22(29)31-4)10-11-19(27)21(28)17-9-12-20(25)26-14-17/h5-12,14,21,28H,13H2,1-4H3. The number of aliphatic hydroxyl groups is 1. The monoisotopic (exact) mass is 440 g/mol. The number of nitrogens with zero attached hydrogens (tertiary/aromatic N) is 2. The topological polar surface area (TPSA) is 90.6 Å². The van der Waals surface area contributed by atoms with Gasteiger partial charge in [-0.05, 0) is 62.7 Å². The summed E-state index contributed by atoms with van der Waals surface area (Å²) in [7, 11) is 1.31. The molecule has 168 valence electrons. The number of methoxy groups -OCH3 is 1. The molecule has 32 heavy (non-hydrogen) atoms. The molecule has 0 spiro atoms. The lowest BCUT2D eigenvalue weighted by Gasteiger charge is -2.23. The Morgan fingerprint density at radius 1 is 1.09 bits per heavy atom. The Hall–Kier alpha value is -3.52. The third-order valence-electron chi connectivity index (χ3n) is 4.67. The number of esters is 1. The van der Waals surface area contributed by atoms with E-state index >= 15 is 0 Å². The minimum Gasteiger partial charge on any atom is -0.465 e. The van der Waals surface area contributed by atoms with Crippen LogP contribution in [0.15, 0.2) is 54.7 Å². The molecule has 0 aliphatic carbocycles. The fourth-order valence-corrected chi connectivity index (χ4v) is 3.18. The number of pyridine rings is 1. The highest BCUT2D eigenvalue weighted by Gasteiger charge is 2.26. The van der Waals surface area contributed by atoms with Gasteiger partial charge in [0.15, 0.2) is 0 Å². The maximum atomic E-state index is 13.2. The molecule has 0 saturated carbocycles. The zero-order valence-electron chi connectivity index (χ0n) is 18.3. The van der Waals surface area contributed by atoms with E-state index < -0.39 is 29.7 Å². The molecular weight excluding hydrogens is 415 g/mol. The van der Waals surface area contributed by atoms with Crippen molar-refractivity contribution in [3.05, 3.63) is 88.8 Å². The van der Waals surface area contributed by atoms with Crippen LogP contribution >= 0.6 is 0 Å². The average molecular weight is 440 g/mol. The third-order valence-corrected chi connectivity index (χ3v) is 4.67. The molecule has 1 atom stereocenters. The quantitative estimate of drug-likeness (QED) is 0.471. The Morgan fingerprint density at radius 3 is 2.34 bits per heavy atom. The molecule has 8 heteroatoms. The van der Waals surface area contributed by atoms with Gasteiger partial charge in [0.25, 0.3) is 0 Å². The molecule has 0 fully saturated rings. The summed E-state index contributed by atoms with van der Waals surface area (Å²) in [6.07, 6.45) is -0.300. The second kappa shape index (κ2) is 9.32. The molecule has 1 N–H and O–H groups in total. The fourth-order valence-electron chi connectivity index (χ4n) is 3.18. The summed E-state index contributed by atoms with van der Waals surface area (Å²) in [5.41, 5.74) is 1.69. The number of carbonyl (C=O) groups is 2. The van der Waals surface area contributed by atoms with Crippen molar-refractivity contribution < 1.29 is 28.6 Å². The first-order valence-corrected chi connectivity index (χ1v) is 9.99. The summed E-state index contributed by atoms with van der Waals surface area (Å²) in [6.45, 7) is 5.25. The lowest BCUT2D eigenvalue weighted by atomic mass is 10.1. The fraction of sp³-hybridized carbons (Fsp3) is 0.292. The Labute approximate surface area is 185 Å². The van der Waals surface area contributed by atoms with Crippen molar-refractivity contribution >= 4 is 12.1 Å². The van der Waals surface area contributed by atoms with Gasteiger partial charge in [0.05, 0.1) is 18.4 Å². The van der Waals surface area contributed by atoms with E-state index in [4.69, 9.17) is 9.47 Å². The highest BCUT2D eigenvalue weighted by molar-refractivity contribution is 5.89. The Balaban J connectivity index is 1.97. The number of aromatic nitrogens is 2. The van der Waals surface area contributed by atoms with Crippen molar-refractivity contribution in [2.24, 2.45) is 0 Å². The number of carbonyl (C=O) groups excluding carboxylic acids is 2. The Bertz CT molecular complexity index is 1100. The summed E-state index contributed by atoms with van der Waals surface area (Å²) in [4.78, 5) is 28.2. The van der Waals surface area contributed by atoms with Gasteiger partial charge in [0.1, 0.15) is 11.7 Å². The third kappa shape index (κ3) is 5.39. The van der Waals surface area contributed by atoms with E-state index in [0.29, 0.717) is 23.2 Å². The molecule has 3 rings (SSSR count). The number of hydrogen-bond acceptors (Lipinski definition) is 6. The molecule has 1 aromatic carbocycles. The van der Waals surface area contributed by atoms with Crippen LogP contribution in [0.5, 0.6) is 0 Å². The van der Waals surface area contributed by atoms with Gasteiger partial charge in [0, 0.05) is 23.9 Å². The molecule has 0 saturated heterocycles. The molecule has 1 unspecified atom stereocenters. The molecule has 3 aromatic rings. The van der Waals surface area contributed by atoms with Gasteiger partial charge in [-0.15, -0.1) is 0 Å². The van der Waals surface area contributed by atoms with E-state index in [1.165, 1.54) is 23.9 Å². The number of hydrogen-bond donors (Lipinski definition) is 1. The van der Waals surface area contributed by atoms with Gasteiger partial charge in [-0.25, -0.2) is 14.6 Å².